The molecule has 0 amide bonds. The summed E-state index contributed by atoms with van der Waals surface area (Å²) in [4.78, 5) is 23.7. The zero-order valence-electron chi connectivity index (χ0n) is 13.7. The van der Waals surface area contributed by atoms with Crippen LogP contribution in [0, 0.1) is 16.7 Å². The predicted octanol–water partition coefficient (Wildman–Crippen LogP) is 4.81. The third-order valence-corrected chi connectivity index (χ3v) is 5.77. The molecule has 1 saturated carbocycles. The van der Waals surface area contributed by atoms with Crippen LogP contribution >= 0.6 is 0 Å². The van der Waals surface area contributed by atoms with Crippen molar-refractivity contribution in [3.05, 3.63) is 0 Å². The van der Waals surface area contributed by atoms with Gasteiger partial charge >= 0.3 is 18.0 Å². The van der Waals surface area contributed by atoms with Crippen LogP contribution in [0.2, 0.25) is 0 Å². The van der Waals surface area contributed by atoms with Gasteiger partial charge in [-0.2, -0.15) is 30.7 Å². The second kappa shape index (κ2) is 5.69. The van der Waals surface area contributed by atoms with E-state index in [2.05, 4.69) is 0 Å². The Kier molecular flexibility index (Phi) is 4.96. The van der Waals surface area contributed by atoms with Gasteiger partial charge in [0.05, 0.1) is 6.42 Å². The first-order valence-electron chi connectivity index (χ1n) is 7.32. The highest BCUT2D eigenvalue weighted by Gasteiger charge is 2.76. The van der Waals surface area contributed by atoms with E-state index in [1.807, 2.05) is 6.92 Å². The molecule has 1 aliphatic rings. The summed E-state index contributed by atoms with van der Waals surface area (Å²) >= 11 is 0. The van der Waals surface area contributed by atoms with Crippen LogP contribution in [0.4, 0.5) is 30.7 Å². The van der Waals surface area contributed by atoms with E-state index in [0.717, 1.165) is 0 Å². The molecule has 0 spiro atoms. The van der Waals surface area contributed by atoms with Gasteiger partial charge in [-0.1, -0.05) is 27.7 Å². The monoisotopic (exact) mass is 364 g/mol. The van der Waals surface area contributed by atoms with Gasteiger partial charge in [-0.3, -0.25) is 9.59 Å². The van der Waals surface area contributed by atoms with Crippen molar-refractivity contribution >= 4 is 11.6 Å². The number of carbonyl (C=O) groups is 2. The smallest absolute Gasteiger partial charge is 0.299 e. The molecular weight excluding hydrogens is 345 g/mol. The molecule has 0 bridgehead atoms. The van der Waals surface area contributed by atoms with Crippen molar-refractivity contribution in [3.63, 3.8) is 0 Å². The van der Waals surface area contributed by atoms with Crippen LogP contribution in [0.1, 0.15) is 47.0 Å². The van der Waals surface area contributed by atoms with Gasteiger partial charge in [-0.05, 0) is 24.2 Å². The van der Waals surface area contributed by atoms with E-state index in [9.17, 15) is 40.3 Å². The lowest BCUT2D eigenvalue weighted by Crippen LogP contribution is -2.57. The van der Waals surface area contributed by atoms with E-state index in [0.29, 0.717) is 6.42 Å². The van der Waals surface area contributed by atoms with Gasteiger partial charge in [0.1, 0.15) is 5.78 Å². The molecule has 0 N–H and O–H groups in total. The Morgan fingerprint density at radius 2 is 1.46 bits per heavy atom. The third kappa shape index (κ3) is 2.83. The van der Waals surface area contributed by atoms with Crippen LogP contribution in [0.5, 0.6) is 0 Å². The molecule has 1 fully saturated rings. The Hall–Kier alpha value is -1.15. The van der Waals surface area contributed by atoms with E-state index in [-0.39, 0.29) is 12.3 Å². The minimum absolute atomic E-state index is 0.00122. The number of alkyl halides is 7. The number of halogens is 7. The Labute approximate surface area is 134 Å². The van der Waals surface area contributed by atoms with Crippen molar-refractivity contribution in [3.8, 4) is 0 Å². The second-order valence-electron chi connectivity index (χ2n) is 7.16. The first-order chi connectivity index (χ1) is 10.4. The average Bonchev–Trinajstić information content (AvgIpc) is 2.61. The molecule has 0 radical (unpaired) electrons. The van der Waals surface area contributed by atoms with Gasteiger partial charge in [0, 0.05) is 5.41 Å². The molecule has 2 unspecified atom stereocenters. The number of ketones is 2. The lowest BCUT2D eigenvalue weighted by molar-refractivity contribution is -0.343. The number of hydrogen-bond donors (Lipinski definition) is 0. The van der Waals surface area contributed by atoms with Crippen molar-refractivity contribution in [2.75, 3.05) is 0 Å². The summed E-state index contributed by atoms with van der Waals surface area (Å²) in [5.41, 5.74) is -1.95. The minimum atomic E-state index is -6.60. The van der Waals surface area contributed by atoms with Crippen molar-refractivity contribution in [2.45, 2.75) is 65.0 Å². The quantitative estimate of drug-likeness (QED) is 0.518. The van der Waals surface area contributed by atoms with Crippen LogP contribution in [-0.4, -0.2) is 29.6 Å². The molecule has 24 heavy (non-hydrogen) atoms. The van der Waals surface area contributed by atoms with Crippen molar-refractivity contribution in [2.24, 2.45) is 16.7 Å². The lowest BCUT2D eigenvalue weighted by Gasteiger charge is -2.40. The fourth-order valence-corrected chi connectivity index (χ4v) is 3.04. The first kappa shape index (κ1) is 20.9. The van der Waals surface area contributed by atoms with E-state index >= 15 is 0 Å². The first-order valence-corrected chi connectivity index (χ1v) is 7.32. The topological polar surface area (TPSA) is 34.1 Å². The van der Waals surface area contributed by atoms with Crippen molar-refractivity contribution < 1.29 is 40.3 Å². The van der Waals surface area contributed by atoms with Gasteiger partial charge in [-0.15, -0.1) is 0 Å². The van der Waals surface area contributed by atoms with E-state index in [4.69, 9.17) is 0 Å². The minimum Gasteiger partial charge on any atom is -0.299 e. The van der Waals surface area contributed by atoms with E-state index in [1.54, 1.807) is 13.8 Å². The molecule has 0 aliphatic heterocycles. The van der Waals surface area contributed by atoms with E-state index < -0.39 is 46.8 Å². The van der Waals surface area contributed by atoms with Gasteiger partial charge in [0.2, 0.25) is 5.78 Å². The maximum absolute atomic E-state index is 13.4. The Bertz CT molecular complexity index is 536. The standard InChI is InChI=1S/C15H19F7O2/c1-8-5-6-12(4,11(8,2)3)9(23)7-10(24)13(16,17)14(18,19)15(20,21)22/h8H,5-7H2,1-4H3. The van der Waals surface area contributed by atoms with Gasteiger partial charge in [-0.25, -0.2) is 0 Å². The molecule has 1 aliphatic carbocycles. The highest BCUT2D eigenvalue weighted by Crippen LogP contribution is 2.57. The fourth-order valence-electron chi connectivity index (χ4n) is 3.04. The summed E-state index contributed by atoms with van der Waals surface area (Å²) in [5, 5.41) is 0. The van der Waals surface area contributed by atoms with Crippen LogP contribution < -0.4 is 0 Å². The molecule has 0 aromatic carbocycles. The van der Waals surface area contributed by atoms with Crippen LogP contribution in [0.3, 0.4) is 0 Å². The van der Waals surface area contributed by atoms with Gasteiger partial charge < -0.3 is 0 Å². The molecule has 2 nitrogen and oxygen atoms in total. The predicted molar refractivity (Wildman–Crippen MR) is 70.9 cm³/mol. The molecule has 140 valence electrons. The third-order valence-electron chi connectivity index (χ3n) is 5.77. The Morgan fingerprint density at radius 1 is 1.00 bits per heavy atom. The zero-order chi connectivity index (χ0) is 19.4. The highest BCUT2D eigenvalue weighted by molar-refractivity contribution is 6.05. The molecule has 0 saturated heterocycles. The number of rotatable bonds is 5. The van der Waals surface area contributed by atoms with E-state index in [1.165, 1.54) is 6.92 Å². The maximum Gasteiger partial charge on any atom is 0.460 e. The molecule has 0 aromatic rings. The number of hydrogen-bond acceptors (Lipinski definition) is 2. The molecule has 1 rings (SSSR count). The number of carbonyl (C=O) groups excluding carboxylic acids is 2. The summed E-state index contributed by atoms with van der Waals surface area (Å²) in [6.45, 7) is 6.59. The largest absolute Gasteiger partial charge is 0.460 e. The maximum atomic E-state index is 13.4. The SMILES string of the molecule is CC1CCC(C)(C(=O)CC(=O)C(F)(F)C(F)(F)C(F)(F)F)C1(C)C. The van der Waals surface area contributed by atoms with Crippen molar-refractivity contribution in [1.29, 1.82) is 0 Å². The molecule has 2 atom stereocenters. The highest BCUT2D eigenvalue weighted by atomic mass is 19.4. The molecule has 0 heterocycles. The number of Topliss-reactive ketones (excluding diaryl/α,β-unsaturated/α-hetero) is 2. The van der Waals surface area contributed by atoms with Crippen molar-refractivity contribution in [1.82, 2.24) is 0 Å². The summed E-state index contributed by atoms with van der Waals surface area (Å²) in [7, 11) is 0. The van der Waals surface area contributed by atoms with Crippen LogP contribution in [0.15, 0.2) is 0 Å². The zero-order valence-corrected chi connectivity index (χ0v) is 13.7. The van der Waals surface area contributed by atoms with Gasteiger partial charge in [0.15, 0.2) is 0 Å². The Morgan fingerprint density at radius 3 is 1.79 bits per heavy atom. The Balaban J connectivity index is 3.06. The average molecular weight is 364 g/mol. The lowest BCUT2D eigenvalue weighted by atomic mass is 9.63. The van der Waals surface area contributed by atoms with Crippen LogP contribution in [0.25, 0.3) is 0 Å². The fraction of sp³-hybridized carbons (Fsp3) is 0.867. The molecule has 9 heteroatoms. The summed E-state index contributed by atoms with van der Waals surface area (Å²) in [6, 6.07) is 0. The summed E-state index contributed by atoms with van der Waals surface area (Å²) in [5.74, 6) is -16.3. The molecular formula is C15H19F7O2. The van der Waals surface area contributed by atoms with Gasteiger partial charge in [0.25, 0.3) is 0 Å². The molecule has 0 aromatic heterocycles. The summed E-state index contributed by atoms with van der Waals surface area (Å²) < 4.78 is 88.8. The van der Waals surface area contributed by atoms with Crippen LogP contribution in [-0.2, 0) is 9.59 Å². The second-order valence-corrected chi connectivity index (χ2v) is 7.16. The summed E-state index contributed by atoms with van der Waals surface area (Å²) in [6.07, 6.45) is -7.46. The normalized spacial score (nSPS) is 28.0.